The zero-order valence-corrected chi connectivity index (χ0v) is 12.9. The van der Waals surface area contributed by atoms with Crippen LogP contribution in [0.5, 0.6) is 0 Å². The lowest BCUT2D eigenvalue weighted by atomic mass is 10.2. The van der Waals surface area contributed by atoms with Gasteiger partial charge in [-0.2, -0.15) is 4.31 Å². The van der Waals surface area contributed by atoms with Gasteiger partial charge in [-0.15, -0.1) is 0 Å². The number of nitrogens with two attached hydrogens (primary N) is 2. The maximum Gasteiger partial charge on any atom is 0.244 e. The highest BCUT2D eigenvalue weighted by Crippen LogP contribution is 2.29. The minimum absolute atomic E-state index is 0.0185. The largest absolute Gasteiger partial charge is 0.397 e. The molecule has 2 rings (SSSR count). The number of nitrogen functional groups attached to an aromatic ring is 1. The molecule has 0 spiro atoms. The molecule has 21 heavy (non-hydrogen) atoms. The van der Waals surface area contributed by atoms with Gasteiger partial charge in [-0.25, -0.2) is 8.42 Å². The first-order valence-corrected chi connectivity index (χ1v) is 8.01. The van der Waals surface area contributed by atoms with E-state index in [-0.39, 0.29) is 30.3 Å². The van der Waals surface area contributed by atoms with Gasteiger partial charge in [0.15, 0.2) is 0 Å². The van der Waals surface area contributed by atoms with Gasteiger partial charge >= 0.3 is 0 Å². The standard InChI is InChI=1S/C12H16ClN3O4S/c1-7-4-8(5-9(14)11(7)13)21(18,19)16-2-3-20-6-10(16)12(15)17/h4-5,10H,2-3,6,14H2,1H3,(H2,15,17). The smallest absolute Gasteiger partial charge is 0.244 e. The van der Waals surface area contributed by atoms with Crippen LogP contribution < -0.4 is 11.5 Å². The fourth-order valence-electron chi connectivity index (χ4n) is 2.15. The van der Waals surface area contributed by atoms with E-state index in [1.165, 1.54) is 12.1 Å². The highest BCUT2D eigenvalue weighted by atomic mass is 35.5. The Labute approximate surface area is 127 Å². The number of carbonyl (C=O) groups is 1. The van der Waals surface area contributed by atoms with Crippen LogP contribution in [0.25, 0.3) is 0 Å². The first-order valence-electron chi connectivity index (χ1n) is 6.19. The molecule has 1 heterocycles. The SMILES string of the molecule is Cc1cc(S(=O)(=O)N2CCOCC2C(N)=O)cc(N)c1Cl. The van der Waals surface area contributed by atoms with E-state index in [9.17, 15) is 13.2 Å². The van der Waals surface area contributed by atoms with Gasteiger partial charge in [0.25, 0.3) is 0 Å². The summed E-state index contributed by atoms with van der Waals surface area (Å²) in [5.74, 6) is -0.753. The number of anilines is 1. The molecule has 7 nitrogen and oxygen atoms in total. The lowest BCUT2D eigenvalue weighted by molar-refractivity contribution is -0.125. The van der Waals surface area contributed by atoms with Crippen molar-refractivity contribution in [2.75, 3.05) is 25.5 Å². The van der Waals surface area contributed by atoms with Gasteiger partial charge in [0.05, 0.1) is 28.8 Å². The van der Waals surface area contributed by atoms with Crippen LogP contribution in [0.15, 0.2) is 17.0 Å². The van der Waals surface area contributed by atoms with Crippen molar-refractivity contribution < 1.29 is 17.9 Å². The van der Waals surface area contributed by atoms with Gasteiger partial charge in [0, 0.05) is 6.54 Å². The molecule has 1 aliphatic heterocycles. The Bertz CT molecular complexity index is 654. The zero-order valence-electron chi connectivity index (χ0n) is 11.4. The molecule has 1 saturated heterocycles. The molecule has 116 valence electrons. The molecule has 1 amide bonds. The van der Waals surface area contributed by atoms with E-state index in [2.05, 4.69) is 0 Å². The van der Waals surface area contributed by atoms with E-state index in [4.69, 9.17) is 27.8 Å². The van der Waals surface area contributed by atoms with Gasteiger partial charge in [-0.1, -0.05) is 11.6 Å². The van der Waals surface area contributed by atoms with Crippen molar-refractivity contribution in [3.63, 3.8) is 0 Å². The van der Waals surface area contributed by atoms with Crippen molar-refractivity contribution in [3.8, 4) is 0 Å². The summed E-state index contributed by atoms with van der Waals surface area (Å²) in [5, 5.41) is 0.308. The average Bonchev–Trinajstić information content (AvgIpc) is 2.44. The number of amides is 1. The summed E-state index contributed by atoms with van der Waals surface area (Å²) < 4.78 is 31.5. The molecule has 0 bridgehead atoms. The number of ether oxygens (including phenoxy) is 1. The summed E-state index contributed by atoms with van der Waals surface area (Å²) in [6.45, 7) is 1.85. The predicted molar refractivity (Wildman–Crippen MR) is 78.3 cm³/mol. The first kappa shape index (κ1) is 16.0. The van der Waals surface area contributed by atoms with Crippen molar-refractivity contribution in [2.24, 2.45) is 5.73 Å². The summed E-state index contributed by atoms with van der Waals surface area (Å²) in [4.78, 5) is 11.4. The van der Waals surface area contributed by atoms with Crippen molar-refractivity contribution in [2.45, 2.75) is 17.9 Å². The number of hydrogen-bond acceptors (Lipinski definition) is 5. The molecular weight excluding hydrogens is 318 g/mol. The van der Waals surface area contributed by atoms with E-state index in [0.717, 1.165) is 4.31 Å². The summed E-state index contributed by atoms with van der Waals surface area (Å²) in [6, 6.07) is 1.67. The second-order valence-corrected chi connectivity index (χ2v) is 7.02. The molecule has 0 saturated carbocycles. The van der Waals surface area contributed by atoms with Crippen LogP contribution >= 0.6 is 11.6 Å². The monoisotopic (exact) mass is 333 g/mol. The molecule has 1 aliphatic rings. The maximum atomic E-state index is 12.7. The summed E-state index contributed by atoms with van der Waals surface area (Å²) in [5.41, 5.74) is 11.7. The molecule has 1 atom stereocenters. The quantitative estimate of drug-likeness (QED) is 0.761. The van der Waals surface area contributed by atoms with E-state index in [1.54, 1.807) is 6.92 Å². The van der Waals surface area contributed by atoms with Crippen LogP contribution in [0.4, 0.5) is 5.69 Å². The first-order chi connectivity index (χ1) is 9.75. The number of carbonyl (C=O) groups excluding carboxylic acids is 1. The number of sulfonamides is 1. The van der Waals surface area contributed by atoms with E-state index >= 15 is 0 Å². The van der Waals surface area contributed by atoms with Crippen molar-refractivity contribution >= 4 is 33.2 Å². The Morgan fingerprint density at radius 3 is 2.71 bits per heavy atom. The topological polar surface area (TPSA) is 116 Å². The Hall–Kier alpha value is -1.35. The van der Waals surface area contributed by atoms with Gasteiger partial charge in [0.1, 0.15) is 6.04 Å². The van der Waals surface area contributed by atoms with E-state index in [1.807, 2.05) is 0 Å². The number of primary amides is 1. The van der Waals surface area contributed by atoms with Crippen molar-refractivity contribution in [1.29, 1.82) is 0 Å². The normalized spacial score (nSPS) is 20.4. The zero-order chi connectivity index (χ0) is 15.8. The Kier molecular flexibility index (Phi) is 4.43. The second-order valence-electron chi connectivity index (χ2n) is 4.75. The van der Waals surface area contributed by atoms with Crippen LogP contribution in [-0.2, 0) is 19.6 Å². The number of hydrogen-bond donors (Lipinski definition) is 2. The highest BCUT2D eigenvalue weighted by Gasteiger charge is 2.37. The van der Waals surface area contributed by atoms with Gasteiger partial charge in [0.2, 0.25) is 15.9 Å². The predicted octanol–water partition coefficient (Wildman–Crippen LogP) is 0.105. The van der Waals surface area contributed by atoms with Crippen LogP contribution in [0, 0.1) is 6.92 Å². The lowest BCUT2D eigenvalue weighted by Crippen LogP contribution is -2.54. The summed E-state index contributed by atoms with van der Waals surface area (Å²) in [7, 11) is -3.90. The third-order valence-corrected chi connectivity index (χ3v) is 5.67. The molecule has 1 aromatic rings. The maximum absolute atomic E-state index is 12.7. The van der Waals surface area contributed by atoms with Crippen LogP contribution in [0.3, 0.4) is 0 Å². The van der Waals surface area contributed by atoms with Crippen molar-refractivity contribution in [3.05, 3.63) is 22.7 Å². The number of halogens is 1. The Morgan fingerprint density at radius 1 is 1.48 bits per heavy atom. The number of benzene rings is 1. The van der Waals surface area contributed by atoms with Gasteiger partial charge in [-0.05, 0) is 24.6 Å². The lowest BCUT2D eigenvalue weighted by Gasteiger charge is -2.32. The minimum Gasteiger partial charge on any atom is -0.397 e. The van der Waals surface area contributed by atoms with E-state index in [0.29, 0.717) is 10.6 Å². The fraction of sp³-hybridized carbons (Fsp3) is 0.417. The third-order valence-electron chi connectivity index (χ3n) is 3.27. The molecule has 1 aromatic carbocycles. The average molecular weight is 334 g/mol. The molecule has 0 radical (unpaired) electrons. The Morgan fingerprint density at radius 2 is 2.14 bits per heavy atom. The van der Waals surface area contributed by atoms with Gasteiger partial charge in [-0.3, -0.25) is 4.79 Å². The third kappa shape index (κ3) is 2.98. The molecule has 1 unspecified atom stereocenters. The number of nitrogens with zero attached hydrogens (tertiary/aromatic N) is 1. The van der Waals surface area contributed by atoms with Crippen LogP contribution in [0.1, 0.15) is 5.56 Å². The molecule has 0 aromatic heterocycles. The van der Waals surface area contributed by atoms with Crippen LogP contribution in [-0.4, -0.2) is 44.4 Å². The van der Waals surface area contributed by atoms with E-state index < -0.39 is 22.0 Å². The molecule has 4 N–H and O–H groups in total. The summed E-state index contributed by atoms with van der Waals surface area (Å²) >= 11 is 5.94. The fourth-order valence-corrected chi connectivity index (χ4v) is 3.94. The van der Waals surface area contributed by atoms with Gasteiger partial charge < -0.3 is 16.2 Å². The number of morpholine rings is 1. The highest BCUT2D eigenvalue weighted by molar-refractivity contribution is 7.89. The number of rotatable bonds is 3. The number of aryl methyl sites for hydroxylation is 1. The van der Waals surface area contributed by atoms with Crippen molar-refractivity contribution in [1.82, 2.24) is 4.31 Å². The Balaban J connectivity index is 2.48. The second kappa shape index (κ2) is 5.80. The summed E-state index contributed by atoms with van der Waals surface area (Å²) in [6.07, 6.45) is 0. The minimum atomic E-state index is -3.90. The molecule has 1 fully saturated rings. The molecular formula is C12H16ClN3O4S. The molecule has 9 heteroatoms. The van der Waals surface area contributed by atoms with Crippen LogP contribution in [0.2, 0.25) is 5.02 Å². The molecule has 0 aliphatic carbocycles.